The Hall–Kier alpha value is 1.13. The van der Waals surface area contributed by atoms with E-state index in [9.17, 15) is 0 Å². The van der Waals surface area contributed by atoms with Gasteiger partial charge in [0.2, 0.25) is 0 Å². The van der Waals surface area contributed by atoms with Gasteiger partial charge in [-0.05, 0) is 13.8 Å². The number of methoxy groups -OCH3 is 1. The Morgan fingerprint density at radius 2 is 2.08 bits per heavy atom. The van der Waals surface area contributed by atoms with Crippen molar-refractivity contribution in [3.05, 3.63) is 0 Å². The molecule has 0 aromatic carbocycles. The lowest BCUT2D eigenvalue weighted by Gasteiger charge is -2.24. The number of halogens is 2. The highest BCUT2D eigenvalue weighted by atomic mass is 127. The van der Waals surface area contributed by atoms with Gasteiger partial charge in [0.25, 0.3) is 0 Å². The van der Waals surface area contributed by atoms with Gasteiger partial charge in [-0.2, -0.15) is 0 Å². The predicted octanol–water partition coefficient (Wildman–Crippen LogP) is 2.62. The monoisotopic (exact) mass is 350 g/mol. The third-order valence-corrected chi connectivity index (χ3v) is 4.14. The summed E-state index contributed by atoms with van der Waals surface area (Å²) in [6.07, 6.45) is 0.477. The molecular formula is C8H16BrIO2. The van der Waals surface area contributed by atoms with Crippen LogP contribution in [0.2, 0.25) is 0 Å². The number of ether oxygens (including phenoxy) is 2. The van der Waals surface area contributed by atoms with E-state index < -0.39 is 0 Å². The van der Waals surface area contributed by atoms with E-state index in [4.69, 9.17) is 9.47 Å². The Bertz CT molecular complexity index is 109. The van der Waals surface area contributed by atoms with Gasteiger partial charge in [0.1, 0.15) is 0 Å². The number of alkyl halides is 2. The first-order chi connectivity index (χ1) is 5.67. The average Bonchev–Trinajstić information content (AvgIpc) is 2.07. The molecule has 0 unspecified atom stereocenters. The molecule has 0 radical (unpaired) electrons. The second-order valence-electron chi connectivity index (χ2n) is 2.53. The van der Waals surface area contributed by atoms with Crippen LogP contribution in [0.5, 0.6) is 0 Å². The van der Waals surface area contributed by atoms with Crippen molar-refractivity contribution in [1.82, 2.24) is 0 Å². The van der Waals surface area contributed by atoms with Crippen LogP contribution in [0.4, 0.5) is 0 Å². The zero-order chi connectivity index (χ0) is 9.56. The summed E-state index contributed by atoms with van der Waals surface area (Å²) in [5.74, 6) is 0. The lowest BCUT2D eigenvalue weighted by atomic mass is 10.2. The maximum absolute atomic E-state index is 5.48. The van der Waals surface area contributed by atoms with Gasteiger partial charge in [0.15, 0.2) is 0 Å². The van der Waals surface area contributed by atoms with Gasteiger partial charge in [-0.1, -0.05) is 38.5 Å². The topological polar surface area (TPSA) is 18.5 Å². The number of rotatable bonds is 6. The molecule has 0 saturated heterocycles. The summed E-state index contributed by atoms with van der Waals surface area (Å²) in [6.45, 7) is 4.85. The van der Waals surface area contributed by atoms with E-state index in [1.165, 1.54) is 0 Å². The SMILES string of the molecule is CCO[C@H](C)[C@@H](I)[C@H](CBr)OC. The average molecular weight is 351 g/mol. The Morgan fingerprint density at radius 1 is 1.50 bits per heavy atom. The van der Waals surface area contributed by atoms with Gasteiger partial charge < -0.3 is 9.47 Å². The third-order valence-electron chi connectivity index (χ3n) is 1.69. The molecule has 4 heteroatoms. The van der Waals surface area contributed by atoms with Crippen LogP contribution in [0.1, 0.15) is 13.8 Å². The van der Waals surface area contributed by atoms with E-state index in [1.807, 2.05) is 6.92 Å². The third kappa shape index (κ3) is 4.39. The molecule has 0 saturated carbocycles. The van der Waals surface area contributed by atoms with Crippen molar-refractivity contribution >= 4 is 38.5 Å². The van der Waals surface area contributed by atoms with Gasteiger partial charge >= 0.3 is 0 Å². The zero-order valence-corrected chi connectivity index (χ0v) is 11.5. The van der Waals surface area contributed by atoms with Crippen molar-refractivity contribution in [3.8, 4) is 0 Å². The molecule has 0 fully saturated rings. The van der Waals surface area contributed by atoms with Gasteiger partial charge in [-0.25, -0.2) is 0 Å². The summed E-state index contributed by atoms with van der Waals surface area (Å²) in [7, 11) is 1.73. The minimum atomic E-state index is 0.229. The van der Waals surface area contributed by atoms with Crippen LogP contribution in [0.3, 0.4) is 0 Å². The summed E-state index contributed by atoms with van der Waals surface area (Å²) >= 11 is 5.78. The molecule has 0 bridgehead atoms. The van der Waals surface area contributed by atoms with E-state index >= 15 is 0 Å². The van der Waals surface area contributed by atoms with Gasteiger partial charge in [0, 0.05) is 19.0 Å². The zero-order valence-electron chi connectivity index (χ0n) is 7.72. The summed E-state index contributed by atoms with van der Waals surface area (Å²) in [5.41, 5.74) is 0. The second kappa shape index (κ2) is 7.53. The minimum Gasteiger partial charge on any atom is -0.379 e. The van der Waals surface area contributed by atoms with Crippen LogP contribution in [0.25, 0.3) is 0 Å². The fourth-order valence-electron chi connectivity index (χ4n) is 0.935. The quantitative estimate of drug-likeness (QED) is 0.541. The van der Waals surface area contributed by atoms with Crippen molar-refractivity contribution < 1.29 is 9.47 Å². The molecular weight excluding hydrogens is 335 g/mol. The van der Waals surface area contributed by atoms with Crippen molar-refractivity contribution in [1.29, 1.82) is 0 Å². The molecule has 0 aliphatic rings. The molecule has 0 aromatic heterocycles. The van der Waals surface area contributed by atoms with Crippen LogP contribution in [-0.4, -0.2) is 35.2 Å². The van der Waals surface area contributed by atoms with Crippen LogP contribution >= 0.6 is 38.5 Å². The first-order valence-corrected chi connectivity index (χ1v) is 6.38. The molecule has 74 valence electrons. The predicted molar refractivity (Wildman–Crippen MR) is 63.5 cm³/mol. The molecule has 0 aliphatic heterocycles. The number of hydrogen-bond donors (Lipinski definition) is 0. The number of hydrogen-bond acceptors (Lipinski definition) is 2. The molecule has 0 heterocycles. The maximum Gasteiger partial charge on any atom is 0.0810 e. The summed E-state index contributed by atoms with van der Waals surface area (Å²) in [5, 5.41) is 0.856. The lowest BCUT2D eigenvalue weighted by molar-refractivity contribution is 0.0331. The standard InChI is InChI=1S/C8H16BrIO2/c1-4-12-6(2)8(10)7(5-9)11-3/h6-8H,4-5H2,1-3H3/t6-,7+,8-/m1/s1. The van der Waals surface area contributed by atoms with E-state index in [-0.39, 0.29) is 12.2 Å². The maximum atomic E-state index is 5.48. The van der Waals surface area contributed by atoms with Crippen molar-refractivity contribution in [2.75, 3.05) is 19.0 Å². The Balaban J connectivity index is 3.87. The first kappa shape index (κ1) is 13.1. The van der Waals surface area contributed by atoms with Gasteiger partial charge in [0.05, 0.1) is 16.1 Å². The first-order valence-electron chi connectivity index (χ1n) is 4.01. The van der Waals surface area contributed by atoms with Crippen LogP contribution in [0, 0.1) is 0 Å². The highest BCUT2D eigenvalue weighted by Crippen LogP contribution is 2.18. The fraction of sp³-hybridized carbons (Fsp3) is 1.00. The highest BCUT2D eigenvalue weighted by molar-refractivity contribution is 14.1. The largest absolute Gasteiger partial charge is 0.379 e. The Kier molecular flexibility index (Phi) is 8.23. The van der Waals surface area contributed by atoms with Crippen molar-refractivity contribution in [2.45, 2.75) is 30.0 Å². The normalized spacial score (nSPS) is 18.8. The Labute approximate surface area is 96.7 Å². The van der Waals surface area contributed by atoms with E-state index in [0.717, 1.165) is 11.9 Å². The fourth-order valence-corrected chi connectivity index (χ4v) is 3.06. The summed E-state index contributed by atoms with van der Waals surface area (Å²) < 4.78 is 11.2. The summed E-state index contributed by atoms with van der Waals surface area (Å²) in [6, 6.07) is 0. The molecule has 0 amide bonds. The molecule has 2 nitrogen and oxygen atoms in total. The molecule has 0 aliphatic carbocycles. The van der Waals surface area contributed by atoms with E-state index in [2.05, 4.69) is 45.4 Å². The van der Waals surface area contributed by atoms with Crippen molar-refractivity contribution in [3.63, 3.8) is 0 Å². The molecule has 0 aromatic rings. The van der Waals surface area contributed by atoms with Crippen LogP contribution in [-0.2, 0) is 9.47 Å². The molecule has 12 heavy (non-hydrogen) atoms. The molecule has 0 N–H and O–H groups in total. The van der Waals surface area contributed by atoms with Crippen LogP contribution < -0.4 is 0 Å². The minimum absolute atomic E-state index is 0.229. The molecule has 0 spiro atoms. The smallest absolute Gasteiger partial charge is 0.0810 e. The Morgan fingerprint density at radius 3 is 2.42 bits per heavy atom. The van der Waals surface area contributed by atoms with Crippen molar-refractivity contribution in [2.24, 2.45) is 0 Å². The van der Waals surface area contributed by atoms with E-state index in [1.54, 1.807) is 7.11 Å². The second-order valence-corrected chi connectivity index (χ2v) is 4.62. The molecule has 3 atom stereocenters. The van der Waals surface area contributed by atoms with Gasteiger partial charge in [-0.15, -0.1) is 0 Å². The van der Waals surface area contributed by atoms with Crippen LogP contribution in [0.15, 0.2) is 0 Å². The summed E-state index contributed by atoms with van der Waals surface area (Å²) in [4.78, 5) is 0. The van der Waals surface area contributed by atoms with E-state index in [0.29, 0.717) is 3.92 Å². The lowest BCUT2D eigenvalue weighted by Crippen LogP contribution is -2.34. The highest BCUT2D eigenvalue weighted by Gasteiger charge is 2.23. The van der Waals surface area contributed by atoms with Gasteiger partial charge in [-0.3, -0.25) is 0 Å². The molecule has 0 rings (SSSR count).